The fourth-order valence-electron chi connectivity index (χ4n) is 6.55. The van der Waals surface area contributed by atoms with Crippen LogP contribution in [0.2, 0.25) is 0 Å². The summed E-state index contributed by atoms with van der Waals surface area (Å²) in [5.74, 6) is 1.94. The average Bonchev–Trinajstić information content (AvgIpc) is 3.20. The molecule has 2 saturated heterocycles. The summed E-state index contributed by atoms with van der Waals surface area (Å²) in [5, 5.41) is 9.61. The number of ether oxygens (including phenoxy) is 3. The molecule has 0 atom stereocenters. The standard InChI is InChI=1S/C43H41N4O5/c1-3-42(48)46-23-18-34(19-24-46)52-37-16-14-33(40(28-37)38-11-7-8-12-41(38)50-2)30-45-22-17-43(49)47-25-20-35(21-26-47)51-36-15-13-32(29-44)39(27-36)31-9-5-4-6-10-31/h3-17,22,27-28,34-35H,1,18-21,23-26H2,2H3/q+1/b22-17-. The lowest BCUT2D eigenvalue weighted by atomic mass is 9.99. The van der Waals surface area contributed by atoms with Gasteiger partial charge in [0.05, 0.1) is 24.8 Å². The Labute approximate surface area is 304 Å². The zero-order valence-electron chi connectivity index (χ0n) is 29.2. The fourth-order valence-corrected chi connectivity index (χ4v) is 6.55. The number of hydrogen-bond donors (Lipinski definition) is 0. The van der Waals surface area contributed by atoms with E-state index in [9.17, 15) is 14.9 Å². The fraction of sp³-hybridized carbons (Fsp3) is 0.256. The number of piperidine rings is 2. The Balaban J connectivity index is 1.08. The zero-order chi connectivity index (χ0) is 36.3. The second kappa shape index (κ2) is 17.1. The molecule has 6 rings (SSSR count). The first-order valence-corrected chi connectivity index (χ1v) is 17.5. The van der Waals surface area contributed by atoms with Crippen molar-refractivity contribution in [2.24, 2.45) is 0 Å². The smallest absolute Gasteiger partial charge is 0.320 e. The van der Waals surface area contributed by atoms with Crippen LogP contribution in [0.4, 0.5) is 0 Å². The number of carbonyl (C=O) groups excluding carboxylic acids is 2. The average molecular weight is 694 g/mol. The molecule has 2 aliphatic rings. The Morgan fingerprint density at radius 3 is 1.94 bits per heavy atom. The van der Waals surface area contributed by atoms with Gasteiger partial charge in [-0.25, -0.2) is 0 Å². The molecule has 2 amide bonds. The summed E-state index contributed by atoms with van der Waals surface area (Å²) in [6.45, 7) is 5.96. The predicted molar refractivity (Wildman–Crippen MR) is 201 cm³/mol. The van der Waals surface area contributed by atoms with Gasteiger partial charge in [0, 0.05) is 68.6 Å². The molecule has 0 saturated carbocycles. The van der Waals surface area contributed by atoms with E-state index in [1.165, 1.54) is 18.4 Å². The van der Waals surface area contributed by atoms with Crippen molar-refractivity contribution in [1.29, 1.82) is 5.26 Å². The SMILES string of the molecule is C=CC(=O)N1CCC(Oc2ccc(C#[N+]/C=C\C(=O)N3CCC(Oc4ccc(C#N)c(-c5ccccc5)c4)CC3)c(-c3ccccc3OC)c2)CC1. The molecule has 0 unspecified atom stereocenters. The van der Waals surface area contributed by atoms with Gasteiger partial charge in [0.1, 0.15) is 35.0 Å². The first-order chi connectivity index (χ1) is 25.4. The summed E-state index contributed by atoms with van der Waals surface area (Å²) >= 11 is 0. The molecule has 0 aliphatic carbocycles. The van der Waals surface area contributed by atoms with Crippen LogP contribution in [0.5, 0.6) is 17.2 Å². The van der Waals surface area contributed by atoms with Crippen LogP contribution in [0.25, 0.3) is 27.1 Å². The number of rotatable bonds is 9. The molecule has 0 N–H and O–H groups in total. The maximum Gasteiger partial charge on any atom is 0.320 e. The zero-order valence-corrected chi connectivity index (χ0v) is 29.2. The highest BCUT2D eigenvalue weighted by atomic mass is 16.5. The van der Waals surface area contributed by atoms with E-state index in [2.05, 4.69) is 23.6 Å². The molecule has 4 aromatic carbocycles. The van der Waals surface area contributed by atoms with Gasteiger partial charge in [-0.15, -0.1) is 0 Å². The van der Waals surface area contributed by atoms with E-state index in [-0.39, 0.29) is 24.0 Å². The van der Waals surface area contributed by atoms with Crippen molar-refractivity contribution in [2.75, 3.05) is 33.3 Å². The molecule has 2 heterocycles. The van der Waals surface area contributed by atoms with Crippen molar-refractivity contribution >= 4 is 11.8 Å². The predicted octanol–water partition coefficient (Wildman–Crippen LogP) is 7.72. The third-order valence-corrected chi connectivity index (χ3v) is 9.35. The highest BCUT2D eigenvalue weighted by molar-refractivity contribution is 5.88. The summed E-state index contributed by atoms with van der Waals surface area (Å²) in [5.41, 5.74) is 4.81. The van der Waals surface area contributed by atoms with Crippen molar-refractivity contribution in [3.63, 3.8) is 0 Å². The van der Waals surface area contributed by atoms with E-state index in [1.807, 2.05) is 84.9 Å². The van der Waals surface area contributed by atoms with E-state index < -0.39 is 0 Å². The van der Waals surface area contributed by atoms with Crippen LogP contribution >= 0.6 is 0 Å². The van der Waals surface area contributed by atoms with Gasteiger partial charge in [-0.1, -0.05) is 55.1 Å². The van der Waals surface area contributed by atoms with Crippen LogP contribution in [-0.2, 0) is 9.59 Å². The molecular weight excluding hydrogens is 652 g/mol. The minimum Gasteiger partial charge on any atom is -0.496 e. The van der Waals surface area contributed by atoms with Gasteiger partial charge in [0.25, 0.3) is 5.91 Å². The van der Waals surface area contributed by atoms with Gasteiger partial charge >= 0.3 is 12.3 Å². The topological polar surface area (TPSA) is 96.5 Å². The van der Waals surface area contributed by atoms with Crippen molar-refractivity contribution < 1.29 is 23.8 Å². The lowest BCUT2D eigenvalue weighted by Gasteiger charge is -2.31. The van der Waals surface area contributed by atoms with E-state index >= 15 is 0 Å². The molecule has 9 nitrogen and oxygen atoms in total. The second-order valence-electron chi connectivity index (χ2n) is 12.6. The molecule has 262 valence electrons. The maximum absolute atomic E-state index is 13.0. The van der Waals surface area contributed by atoms with E-state index in [0.29, 0.717) is 61.8 Å². The Morgan fingerprint density at radius 1 is 0.750 bits per heavy atom. The summed E-state index contributed by atoms with van der Waals surface area (Å²) in [6, 6.07) is 34.2. The molecule has 2 fully saturated rings. The highest BCUT2D eigenvalue weighted by Crippen LogP contribution is 2.35. The number of methoxy groups -OCH3 is 1. The van der Waals surface area contributed by atoms with Crippen LogP contribution < -0.4 is 14.2 Å². The van der Waals surface area contributed by atoms with Crippen molar-refractivity contribution in [2.45, 2.75) is 37.9 Å². The molecular formula is C43H41N4O5+. The number of para-hydroxylation sites is 1. The van der Waals surface area contributed by atoms with Crippen LogP contribution in [-0.4, -0.2) is 67.1 Å². The first-order valence-electron chi connectivity index (χ1n) is 17.5. The van der Waals surface area contributed by atoms with Gasteiger partial charge in [-0.3, -0.25) is 9.59 Å². The summed E-state index contributed by atoms with van der Waals surface area (Å²) < 4.78 is 18.3. The number of carbonyl (C=O) groups is 2. The van der Waals surface area contributed by atoms with Crippen LogP contribution in [0, 0.1) is 17.4 Å². The first kappa shape index (κ1) is 35.5. The van der Waals surface area contributed by atoms with Gasteiger partial charge in [-0.2, -0.15) is 5.26 Å². The highest BCUT2D eigenvalue weighted by Gasteiger charge is 2.25. The van der Waals surface area contributed by atoms with Crippen LogP contribution in [0.15, 0.2) is 116 Å². The van der Waals surface area contributed by atoms with Gasteiger partial charge < -0.3 is 24.0 Å². The molecule has 0 aromatic heterocycles. The Hall–Kier alpha value is -6.32. The molecule has 52 heavy (non-hydrogen) atoms. The third-order valence-electron chi connectivity index (χ3n) is 9.35. The van der Waals surface area contributed by atoms with Crippen LogP contribution in [0.3, 0.4) is 0 Å². The third kappa shape index (κ3) is 8.69. The summed E-state index contributed by atoms with van der Waals surface area (Å²) in [7, 11) is 1.63. The van der Waals surface area contributed by atoms with Gasteiger partial charge in [0.15, 0.2) is 0 Å². The molecule has 9 heteroatoms. The Bertz CT molecular complexity index is 2040. The maximum atomic E-state index is 13.0. The summed E-state index contributed by atoms with van der Waals surface area (Å²) in [6.07, 6.45) is 7.08. The van der Waals surface area contributed by atoms with Crippen molar-refractivity contribution in [3.05, 3.63) is 132 Å². The summed E-state index contributed by atoms with van der Waals surface area (Å²) in [4.78, 5) is 33.0. The number of benzene rings is 4. The van der Waals surface area contributed by atoms with E-state index in [4.69, 9.17) is 14.2 Å². The normalized spacial score (nSPS) is 14.9. The second-order valence-corrected chi connectivity index (χ2v) is 12.6. The molecule has 0 spiro atoms. The largest absolute Gasteiger partial charge is 0.496 e. The number of nitrogens with zero attached hydrogens (tertiary/aromatic N) is 4. The van der Waals surface area contributed by atoms with Crippen molar-refractivity contribution in [1.82, 2.24) is 9.80 Å². The quantitative estimate of drug-likeness (QED) is 0.167. The molecule has 2 aliphatic heterocycles. The monoisotopic (exact) mass is 693 g/mol. The number of likely N-dealkylation sites (tertiary alicyclic amines) is 2. The van der Waals surface area contributed by atoms with E-state index in [0.717, 1.165) is 40.7 Å². The lowest BCUT2D eigenvalue weighted by molar-refractivity contribution is -0.128. The number of hydrogen-bond acceptors (Lipinski definition) is 6. The lowest BCUT2D eigenvalue weighted by Crippen LogP contribution is -2.41. The number of amides is 2. The molecule has 0 radical (unpaired) electrons. The minimum atomic E-state index is -0.122. The Kier molecular flexibility index (Phi) is 11.7. The molecule has 0 bridgehead atoms. The van der Waals surface area contributed by atoms with E-state index in [1.54, 1.807) is 23.0 Å². The van der Waals surface area contributed by atoms with Gasteiger partial charge in [0.2, 0.25) is 5.91 Å². The molecule has 4 aromatic rings. The minimum absolute atomic E-state index is 0.0167. The van der Waals surface area contributed by atoms with Gasteiger partial charge in [-0.05, 0) is 58.9 Å². The van der Waals surface area contributed by atoms with Crippen molar-refractivity contribution in [3.8, 4) is 51.6 Å². The Morgan fingerprint density at radius 2 is 1.33 bits per heavy atom. The number of nitriles is 1. The van der Waals surface area contributed by atoms with Crippen LogP contribution in [0.1, 0.15) is 36.8 Å².